The van der Waals surface area contributed by atoms with E-state index in [2.05, 4.69) is 10.00 Å². The number of carbonyl (C=O) groups excluding carboxylic acids is 1. The SMILES string of the molecule is CCOc1cc(-c2ccc(OCC(=O)N3CCN(CCO)CC3)cc2)nn1-c1ccc(C(F)(F)F)cc1. The zero-order valence-electron chi connectivity index (χ0n) is 20.4. The van der Waals surface area contributed by atoms with Crippen molar-refractivity contribution in [2.45, 2.75) is 13.1 Å². The van der Waals surface area contributed by atoms with Gasteiger partial charge in [-0.3, -0.25) is 9.69 Å². The van der Waals surface area contributed by atoms with Gasteiger partial charge in [-0.1, -0.05) is 0 Å². The number of nitrogens with zero attached hydrogens (tertiary/aromatic N) is 4. The smallest absolute Gasteiger partial charge is 0.416 e. The van der Waals surface area contributed by atoms with Gasteiger partial charge >= 0.3 is 6.18 Å². The number of carbonyl (C=O) groups is 1. The molecule has 1 aliphatic heterocycles. The second kappa shape index (κ2) is 11.7. The Morgan fingerprint density at radius 3 is 2.27 bits per heavy atom. The van der Waals surface area contributed by atoms with E-state index in [0.717, 1.165) is 30.8 Å². The fourth-order valence-electron chi connectivity index (χ4n) is 4.05. The molecule has 3 aromatic rings. The van der Waals surface area contributed by atoms with Gasteiger partial charge in [0, 0.05) is 44.4 Å². The Bertz CT molecular complexity index is 1170. The molecule has 0 atom stereocenters. The molecule has 0 saturated carbocycles. The standard InChI is InChI=1S/C26H29F3N4O4/c1-2-36-25-17-23(30-33(25)21-7-5-20(6-8-21)26(27,28)29)19-3-9-22(10-4-19)37-18-24(35)32-13-11-31(12-14-32)15-16-34/h3-10,17,34H,2,11-16,18H2,1H3. The molecule has 1 amide bonds. The van der Waals surface area contributed by atoms with Crippen LogP contribution in [0, 0.1) is 0 Å². The lowest BCUT2D eigenvalue weighted by atomic mass is 10.1. The number of hydrogen-bond donors (Lipinski definition) is 1. The molecule has 0 aliphatic carbocycles. The molecule has 1 saturated heterocycles. The minimum absolute atomic E-state index is 0.0730. The fraction of sp³-hybridized carbons (Fsp3) is 0.385. The largest absolute Gasteiger partial charge is 0.484 e. The Labute approximate surface area is 212 Å². The molecule has 1 aromatic heterocycles. The molecule has 4 rings (SSSR count). The maximum Gasteiger partial charge on any atom is 0.416 e. The Kier molecular flexibility index (Phi) is 8.34. The Morgan fingerprint density at radius 1 is 1.00 bits per heavy atom. The van der Waals surface area contributed by atoms with E-state index in [1.54, 1.807) is 35.2 Å². The molecule has 8 nitrogen and oxygen atoms in total. The third-order valence-electron chi connectivity index (χ3n) is 6.06. The molecular formula is C26H29F3N4O4. The number of halogens is 3. The minimum atomic E-state index is -4.42. The van der Waals surface area contributed by atoms with Crippen molar-refractivity contribution in [3.63, 3.8) is 0 Å². The Hall–Kier alpha value is -3.57. The predicted molar refractivity (Wildman–Crippen MR) is 131 cm³/mol. The summed E-state index contributed by atoms with van der Waals surface area (Å²) in [6.45, 7) is 5.48. The quantitative estimate of drug-likeness (QED) is 0.468. The van der Waals surface area contributed by atoms with Crippen molar-refractivity contribution in [3.8, 4) is 28.6 Å². The summed E-state index contributed by atoms with van der Waals surface area (Å²) < 4.78 is 51.6. The van der Waals surface area contributed by atoms with Gasteiger partial charge in [-0.2, -0.15) is 18.3 Å². The number of ether oxygens (including phenoxy) is 2. The van der Waals surface area contributed by atoms with Crippen LogP contribution in [0.5, 0.6) is 11.6 Å². The molecule has 1 aliphatic rings. The van der Waals surface area contributed by atoms with Crippen molar-refractivity contribution in [2.75, 3.05) is 52.5 Å². The van der Waals surface area contributed by atoms with E-state index in [4.69, 9.17) is 14.6 Å². The molecule has 37 heavy (non-hydrogen) atoms. The summed E-state index contributed by atoms with van der Waals surface area (Å²) in [5.74, 6) is 0.842. The van der Waals surface area contributed by atoms with Crippen LogP contribution in [-0.4, -0.2) is 83.1 Å². The van der Waals surface area contributed by atoms with Crippen LogP contribution >= 0.6 is 0 Å². The van der Waals surface area contributed by atoms with Crippen molar-refractivity contribution >= 4 is 5.91 Å². The normalized spacial score (nSPS) is 14.6. The minimum Gasteiger partial charge on any atom is -0.484 e. The van der Waals surface area contributed by atoms with E-state index in [-0.39, 0.29) is 19.1 Å². The number of rotatable bonds is 9. The van der Waals surface area contributed by atoms with Gasteiger partial charge in [-0.15, -0.1) is 0 Å². The van der Waals surface area contributed by atoms with Crippen molar-refractivity contribution in [1.29, 1.82) is 0 Å². The van der Waals surface area contributed by atoms with Crippen molar-refractivity contribution in [2.24, 2.45) is 0 Å². The highest BCUT2D eigenvalue weighted by atomic mass is 19.4. The van der Waals surface area contributed by atoms with Gasteiger partial charge in [0.2, 0.25) is 5.88 Å². The van der Waals surface area contributed by atoms with E-state index in [0.29, 0.717) is 49.3 Å². The van der Waals surface area contributed by atoms with Gasteiger partial charge < -0.3 is 19.5 Å². The van der Waals surface area contributed by atoms with Crippen LogP contribution in [0.4, 0.5) is 13.2 Å². The highest BCUT2D eigenvalue weighted by Gasteiger charge is 2.30. The van der Waals surface area contributed by atoms with E-state index < -0.39 is 11.7 Å². The molecular weight excluding hydrogens is 489 g/mol. The number of benzene rings is 2. The number of aromatic nitrogens is 2. The number of hydrogen-bond acceptors (Lipinski definition) is 6. The summed E-state index contributed by atoms with van der Waals surface area (Å²) in [5.41, 5.74) is 1.04. The number of piperazine rings is 1. The predicted octanol–water partition coefficient (Wildman–Crippen LogP) is 3.47. The van der Waals surface area contributed by atoms with Gasteiger partial charge in [0.05, 0.1) is 30.2 Å². The van der Waals surface area contributed by atoms with Gasteiger partial charge in [-0.25, -0.2) is 4.68 Å². The highest BCUT2D eigenvalue weighted by Crippen LogP contribution is 2.31. The molecule has 0 bridgehead atoms. The molecule has 0 radical (unpaired) electrons. The second-order valence-corrected chi connectivity index (χ2v) is 8.52. The summed E-state index contributed by atoms with van der Waals surface area (Å²) in [7, 11) is 0. The first-order valence-corrected chi connectivity index (χ1v) is 12.0. The first-order chi connectivity index (χ1) is 17.8. The van der Waals surface area contributed by atoms with Crippen LogP contribution in [0.1, 0.15) is 12.5 Å². The first-order valence-electron chi connectivity index (χ1n) is 12.0. The lowest BCUT2D eigenvalue weighted by Gasteiger charge is -2.34. The van der Waals surface area contributed by atoms with Gasteiger partial charge in [0.25, 0.3) is 5.91 Å². The Morgan fingerprint density at radius 2 is 1.68 bits per heavy atom. The molecule has 11 heteroatoms. The summed E-state index contributed by atoms with van der Waals surface area (Å²) in [4.78, 5) is 16.3. The van der Waals surface area contributed by atoms with Crippen molar-refractivity contribution in [3.05, 3.63) is 60.2 Å². The third-order valence-corrected chi connectivity index (χ3v) is 6.06. The highest BCUT2D eigenvalue weighted by molar-refractivity contribution is 5.78. The number of alkyl halides is 3. The van der Waals surface area contributed by atoms with E-state index in [1.165, 1.54) is 16.8 Å². The Balaban J connectivity index is 1.40. The topological polar surface area (TPSA) is 80.1 Å². The summed E-state index contributed by atoms with van der Waals surface area (Å²) in [5, 5.41) is 13.6. The molecule has 1 N–H and O–H groups in total. The van der Waals surface area contributed by atoms with Crippen molar-refractivity contribution in [1.82, 2.24) is 19.6 Å². The van der Waals surface area contributed by atoms with E-state index in [1.807, 2.05) is 6.92 Å². The number of aliphatic hydroxyl groups excluding tert-OH is 1. The zero-order valence-corrected chi connectivity index (χ0v) is 20.4. The van der Waals surface area contributed by atoms with E-state index in [9.17, 15) is 18.0 Å². The van der Waals surface area contributed by atoms with Crippen LogP contribution < -0.4 is 9.47 Å². The van der Waals surface area contributed by atoms with Crippen LogP contribution in [0.2, 0.25) is 0 Å². The maximum atomic E-state index is 12.9. The monoisotopic (exact) mass is 518 g/mol. The molecule has 2 heterocycles. The summed E-state index contributed by atoms with van der Waals surface area (Å²) in [6, 6.07) is 13.5. The molecule has 0 spiro atoms. The van der Waals surface area contributed by atoms with Gasteiger partial charge in [0.15, 0.2) is 6.61 Å². The van der Waals surface area contributed by atoms with Crippen LogP contribution in [0.15, 0.2) is 54.6 Å². The van der Waals surface area contributed by atoms with Crippen LogP contribution in [-0.2, 0) is 11.0 Å². The lowest BCUT2D eigenvalue weighted by Crippen LogP contribution is -2.50. The average Bonchev–Trinajstić information content (AvgIpc) is 3.32. The lowest BCUT2D eigenvalue weighted by molar-refractivity contribution is -0.137. The fourth-order valence-corrected chi connectivity index (χ4v) is 4.05. The van der Waals surface area contributed by atoms with Crippen molar-refractivity contribution < 1.29 is 32.5 Å². The van der Waals surface area contributed by atoms with E-state index >= 15 is 0 Å². The number of β-amino-alcohol motifs (C(OH)–C–C–N with tert-alkyl or cyclic N) is 1. The van der Waals surface area contributed by atoms with Gasteiger partial charge in [0.1, 0.15) is 5.75 Å². The average molecular weight is 519 g/mol. The molecule has 0 unspecified atom stereocenters. The van der Waals surface area contributed by atoms with Crippen LogP contribution in [0.3, 0.4) is 0 Å². The molecule has 1 fully saturated rings. The number of amides is 1. The zero-order chi connectivity index (χ0) is 26.4. The molecule has 2 aromatic carbocycles. The summed E-state index contributed by atoms with van der Waals surface area (Å²) >= 11 is 0. The first kappa shape index (κ1) is 26.5. The third kappa shape index (κ3) is 6.60. The number of aliphatic hydroxyl groups is 1. The van der Waals surface area contributed by atoms with Crippen LogP contribution in [0.25, 0.3) is 16.9 Å². The molecule has 198 valence electrons. The van der Waals surface area contributed by atoms with Gasteiger partial charge in [-0.05, 0) is 55.5 Å². The maximum absolute atomic E-state index is 12.9. The summed E-state index contributed by atoms with van der Waals surface area (Å²) in [6.07, 6.45) is -4.42. The second-order valence-electron chi connectivity index (χ2n) is 8.52.